The molecule has 0 aliphatic heterocycles. The van der Waals surface area contributed by atoms with Gasteiger partial charge in [-0.15, -0.1) is 10.2 Å². The molecule has 2 aromatic heterocycles. The zero-order valence-electron chi connectivity index (χ0n) is 14.7. The monoisotopic (exact) mass is 392 g/mol. The lowest BCUT2D eigenvalue weighted by molar-refractivity contribution is 0.880. The predicted molar refractivity (Wildman–Crippen MR) is 110 cm³/mol. The molecular weight excluding hydrogens is 376 g/mol. The molecule has 0 spiro atoms. The van der Waals surface area contributed by atoms with Crippen LogP contribution in [-0.4, -0.2) is 19.7 Å². The molecule has 0 unspecified atom stereocenters. The summed E-state index contributed by atoms with van der Waals surface area (Å²) in [6, 6.07) is 20.0. The minimum absolute atomic E-state index is 0.741. The fourth-order valence-corrected chi connectivity index (χ4v) is 3.83. The Kier molecular flexibility index (Phi) is 5.23. The van der Waals surface area contributed by atoms with Crippen LogP contribution in [0.25, 0.3) is 17.1 Å². The van der Waals surface area contributed by atoms with Crippen molar-refractivity contribution in [1.82, 2.24) is 19.7 Å². The van der Waals surface area contributed by atoms with Crippen molar-refractivity contribution in [1.29, 1.82) is 0 Å². The van der Waals surface area contributed by atoms with E-state index in [1.54, 1.807) is 18.0 Å². The second-order valence-electron chi connectivity index (χ2n) is 6.08. The average Bonchev–Trinajstić information content (AvgIpc) is 3.12. The third kappa shape index (κ3) is 3.89. The summed E-state index contributed by atoms with van der Waals surface area (Å²) in [5, 5.41) is 10.5. The number of halogens is 1. The van der Waals surface area contributed by atoms with E-state index >= 15 is 0 Å². The van der Waals surface area contributed by atoms with Gasteiger partial charge >= 0.3 is 0 Å². The molecule has 0 aliphatic carbocycles. The fraction of sp³-hybridized carbons (Fsp3) is 0.0952. The van der Waals surface area contributed by atoms with Crippen molar-refractivity contribution in [3.63, 3.8) is 0 Å². The zero-order chi connectivity index (χ0) is 18.6. The molecule has 4 aromatic rings. The van der Waals surface area contributed by atoms with Gasteiger partial charge < -0.3 is 0 Å². The summed E-state index contributed by atoms with van der Waals surface area (Å²) < 4.78 is 2.10. The lowest BCUT2D eigenvalue weighted by atomic mass is 10.2. The van der Waals surface area contributed by atoms with Crippen LogP contribution in [0, 0.1) is 6.92 Å². The number of rotatable bonds is 5. The molecule has 6 heteroatoms. The molecule has 2 heterocycles. The molecule has 0 saturated carbocycles. The van der Waals surface area contributed by atoms with Gasteiger partial charge in [0.15, 0.2) is 11.0 Å². The molecule has 4 rings (SSSR count). The molecule has 4 nitrogen and oxygen atoms in total. The number of thioether (sulfide) groups is 1. The lowest BCUT2D eigenvalue weighted by Gasteiger charge is -2.12. The first kappa shape index (κ1) is 17.8. The highest BCUT2D eigenvalue weighted by atomic mass is 35.5. The van der Waals surface area contributed by atoms with Crippen LogP contribution >= 0.6 is 23.4 Å². The standard InChI is InChI=1S/C21H17ClN4S/c1-15-5-2-3-7-19(15)26-20(17-6-4-12-23-13-17)24-25-21(26)27-14-16-8-10-18(22)11-9-16/h2-13H,14H2,1H3. The van der Waals surface area contributed by atoms with Crippen LogP contribution in [0.1, 0.15) is 11.1 Å². The van der Waals surface area contributed by atoms with Crippen LogP contribution in [0.5, 0.6) is 0 Å². The summed E-state index contributed by atoms with van der Waals surface area (Å²) in [5.74, 6) is 1.57. The SMILES string of the molecule is Cc1ccccc1-n1c(SCc2ccc(Cl)cc2)nnc1-c1cccnc1. The van der Waals surface area contributed by atoms with Gasteiger partial charge in [0.05, 0.1) is 5.69 Å². The second-order valence-corrected chi connectivity index (χ2v) is 7.46. The van der Waals surface area contributed by atoms with Crippen LogP contribution in [0.2, 0.25) is 5.02 Å². The Labute approximate surface area is 167 Å². The first-order valence-corrected chi connectivity index (χ1v) is 9.88. The summed E-state index contributed by atoms with van der Waals surface area (Å²) in [7, 11) is 0. The van der Waals surface area contributed by atoms with Crippen molar-refractivity contribution in [3.8, 4) is 17.1 Å². The normalized spacial score (nSPS) is 10.9. The number of nitrogens with zero attached hydrogens (tertiary/aromatic N) is 4. The van der Waals surface area contributed by atoms with E-state index in [0.717, 1.165) is 38.6 Å². The largest absolute Gasteiger partial charge is 0.270 e. The Morgan fingerprint density at radius 3 is 2.52 bits per heavy atom. The summed E-state index contributed by atoms with van der Waals surface area (Å²) in [5.41, 5.74) is 4.36. The van der Waals surface area contributed by atoms with E-state index in [4.69, 9.17) is 11.6 Å². The number of aromatic nitrogens is 4. The van der Waals surface area contributed by atoms with Gasteiger partial charge in [0.25, 0.3) is 0 Å². The van der Waals surface area contributed by atoms with Gasteiger partial charge in [-0.25, -0.2) is 0 Å². The minimum Gasteiger partial charge on any atom is -0.270 e. The van der Waals surface area contributed by atoms with Gasteiger partial charge in [-0.1, -0.05) is 53.7 Å². The number of aryl methyl sites for hydroxylation is 1. The molecule has 0 amide bonds. The van der Waals surface area contributed by atoms with E-state index in [0.29, 0.717) is 0 Å². The molecule has 2 aromatic carbocycles. The molecule has 0 radical (unpaired) electrons. The number of hydrogen-bond donors (Lipinski definition) is 0. The first-order chi connectivity index (χ1) is 13.2. The van der Waals surface area contributed by atoms with E-state index in [9.17, 15) is 0 Å². The number of benzene rings is 2. The summed E-state index contributed by atoms with van der Waals surface area (Å²) in [6.07, 6.45) is 3.57. The average molecular weight is 393 g/mol. The smallest absolute Gasteiger partial charge is 0.196 e. The second kappa shape index (κ2) is 7.94. The maximum absolute atomic E-state index is 5.98. The Bertz CT molecular complexity index is 1050. The highest BCUT2D eigenvalue weighted by Gasteiger charge is 2.17. The summed E-state index contributed by atoms with van der Waals surface area (Å²) in [4.78, 5) is 4.23. The Hall–Kier alpha value is -2.63. The van der Waals surface area contributed by atoms with Crippen molar-refractivity contribution >= 4 is 23.4 Å². The molecule has 0 N–H and O–H groups in total. The number of hydrogen-bond acceptors (Lipinski definition) is 4. The Morgan fingerprint density at radius 2 is 1.78 bits per heavy atom. The highest BCUT2D eigenvalue weighted by Crippen LogP contribution is 2.30. The predicted octanol–water partition coefficient (Wildman–Crippen LogP) is 5.58. The molecule has 27 heavy (non-hydrogen) atoms. The van der Waals surface area contributed by atoms with Gasteiger partial charge in [-0.2, -0.15) is 0 Å². The van der Waals surface area contributed by atoms with Crippen LogP contribution in [0.3, 0.4) is 0 Å². The van der Waals surface area contributed by atoms with Crippen molar-refractivity contribution in [2.75, 3.05) is 0 Å². The van der Waals surface area contributed by atoms with Crippen molar-refractivity contribution in [3.05, 3.63) is 89.2 Å². The topological polar surface area (TPSA) is 43.6 Å². The summed E-state index contributed by atoms with van der Waals surface area (Å²) in [6.45, 7) is 2.09. The quantitative estimate of drug-likeness (QED) is 0.415. The molecular formula is C21H17ClN4S. The van der Waals surface area contributed by atoms with Gasteiger partial charge in [0, 0.05) is 28.7 Å². The van der Waals surface area contributed by atoms with E-state index in [2.05, 4.69) is 38.8 Å². The van der Waals surface area contributed by atoms with Crippen LogP contribution < -0.4 is 0 Å². The third-order valence-corrected chi connectivity index (χ3v) is 5.44. The maximum atomic E-state index is 5.98. The van der Waals surface area contributed by atoms with Gasteiger partial charge in [0.1, 0.15) is 0 Å². The van der Waals surface area contributed by atoms with Gasteiger partial charge in [-0.3, -0.25) is 9.55 Å². The first-order valence-electron chi connectivity index (χ1n) is 8.51. The minimum atomic E-state index is 0.741. The molecule has 0 atom stereocenters. The third-order valence-electron chi connectivity index (χ3n) is 4.19. The fourth-order valence-electron chi connectivity index (χ4n) is 2.81. The van der Waals surface area contributed by atoms with E-state index < -0.39 is 0 Å². The number of pyridine rings is 1. The molecule has 0 fully saturated rings. The van der Waals surface area contributed by atoms with Crippen LogP contribution in [0.15, 0.2) is 78.2 Å². The van der Waals surface area contributed by atoms with Crippen molar-refractivity contribution in [2.24, 2.45) is 0 Å². The van der Waals surface area contributed by atoms with E-state index in [-0.39, 0.29) is 0 Å². The van der Waals surface area contributed by atoms with Gasteiger partial charge in [0.2, 0.25) is 0 Å². The molecule has 0 bridgehead atoms. The summed E-state index contributed by atoms with van der Waals surface area (Å²) >= 11 is 7.63. The number of para-hydroxylation sites is 1. The highest BCUT2D eigenvalue weighted by molar-refractivity contribution is 7.98. The molecule has 0 aliphatic rings. The lowest BCUT2D eigenvalue weighted by Crippen LogP contribution is -2.02. The van der Waals surface area contributed by atoms with Crippen LogP contribution in [-0.2, 0) is 5.75 Å². The Balaban J connectivity index is 1.74. The maximum Gasteiger partial charge on any atom is 0.196 e. The van der Waals surface area contributed by atoms with Crippen molar-refractivity contribution < 1.29 is 0 Å². The van der Waals surface area contributed by atoms with Gasteiger partial charge in [-0.05, 0) is 48.4 Å². The zero-order valence-corrected chi connectivity index (χ0v) is 16.3. The van der Waals surface area contributed by atoms with E-state index in [1.165, 1.54) is 5.56 Å². The molecule has 134 valence electrons. The Morgan fingerprint density at radius 1 is 0.963 bits per heavy atom. The van der Waals surface area contributed by atoms with E-state index in [1.807, 2.05) is 54.7 Å². The van der Waals surface area contributed by atoms with Crippen molar-refractivity contribution in [2.45, 2.75) is 17.8 Å². The van der Waals surface area contributed by atoms with Crippen LogP contribution in [0.4, 0.5) is 0 Å². The molecule has 0 saturated heterocycles.